The van der Waals surface area contributed by atoms with Crippen LogP contribution in [-0.4, -0.2) is 22.9 Å². The molecule has 0 amide bonds. The van der Waals surface area contributed by atoms with Crippen molar-refractivity contribution in [3.05, 3.63) is 11.6 Å². The number of aliphatic hydroxyl groups is 2. The lowest BCUT2D eigenvalue weighted by Crippen LogP contribution is -2.53. The average Bonchev–Trinajstić information content (AvgIpc) is 3.10. The van der Waals surface area contributed by atoms with Crippen LogP contribution >= 0.6 is 0 Å². The maximum atomic E-state index is 10.6. The van der Waals surface area contributed by atoms with Crippen LogP contribution in [-0.2, 0) is 0 Å². The highest BCUT2D eigenvalue weighted by Gasteiger charge is 2.60. The van der Waals surface area contributed by atoms with Gasteiger partial charge in [0.1, 0.15) is 0 Å². The van der Waals surface area contributed by atoms with Crippen molar-refractivity contribution in [1.29, 1.82) is 0 Å². The summed E-state index contributed by atoms with van der Waals surface area (Å²) in [5, 5.41) is 20.9. The van der Waals surface area contributed by atoms with Crippen molar-refractivity contribution in [2.45, 2.75) is 111 Å². The molecular weight excluding hydrogens is 380 g/mol. The minimum absolute atomic E-state index is 0.0151. The van der Waals surface area contributed by atoms with Crippen LogP contribution in [0.3, 0.4) is 0 Å². The fourth-order valence-corrected chi connectivity index (χ4v) is 9.39. The van der Waals surface area contributed by atoms with Gasteiger partial charge in [-0.2, -0.15) is 0 Å². The molecule has 0 spiro atoms. The lowest BCUT2D eigenvalue weighted by Gasteiger charge is -2.59. The summed E-state index contributed by atoms with van der Waals surface area (Å²) in [6.45, 7) is 12.7. The Hall–Kier alpha value is -0.340. The van der Waals surface area contributed by atoms with Crippen molar-refractivity contribution in [3.8, 4) is 0 Å². The first kappa shape index (κ1) is 23.8. The van der Waals surface area contributed by atoms with Gasteiger partial charge in [0.2, 0.25) is 0 Å². The summed E-state index contributed by atoms with van der Waals surface area (Å²) in [6.07, 6.45) is 15.7. The first-order valence-electron chi connectivity index (χ1n) is 13.7. The molecule has 3 saturated carbocycles. The molecule has 31 heavy (non-hydrogen) atoms. The fraction of sp³-hybridized carbons (Fsp3) is 0.931. The van der Waals surface area contributed by atoms with Crippen molar-refractivity contribution >= 4 is 0 Å². The minimum Gasteiger partial charge on any atom is -0.395 e. The van der Waals surface area contributed by atoms with E-state index >= 15 is 0 Å². The van der Waals surface area contributed by atoms with Crippen molar-refractivity contribution in [3.63, 3.8) is 0 Å². The van der Waals surface area contributed by atoms with Crippen LogP contribution in [0.1, 0.15) is 105 Å². The first-order chi connectivity index (χ1) is 14.8. The third-order valence-corrected chi connectivity index (χ3v) is 11.3. The normalized spacial score (nSPS) is 44.3. The SMILES string of the molecule is CC[C@H](CC[C@@H](C)[C@@H]1CC[C@H]2[C@@H]3CC=C4C[C@H](O)CC[C@]4(CO)[C@H]3CC[C@@]21C)C(C)C. The van der Waals surface area contributed by atoms with Crippen LogP contribution in [0, 0.1) is 52.3 Å². The summed E-state index contributed by atoms with van der Waals surface area (Å²) < 4.78 is 0. The van der Waals surface area contributed by atoms with Gasteiger partial charge in [-0.05, 0) is 105 Å². The van der Waals surface area contributed by atoms with E-state index in [1.165, 1.54) is 56.9 Å². The zero-order valence-electron chi connectivity index (χ0n) is 21.1. The summed E-state index contributed by atoms with van der Waals surface area (Å²) in [6, 6.07) is 0. The summed E-state index contributed by atoms with van der Waals surface area (Å²) in [7, 11) is 0. The molecule has 0 radical (unpaired) electrons. The maximum Gasteiger partial charge on any atom is 0.0577 e. The van der Waals surface area contributed by atoms with Gasteiger partial charge >= 0.3 is 0 Å². The van der Waals surface area contributed by atoms with E-state index in [9.17, 15) is 10.2 Å². The van der Waals surface area contributed by atoms with Gasteiger partial charge in [-0.1, -0.05) is 59.1 Å². The predicted octanol–water partition coefficient (Wildman–Crippen LogP) is 7.00. The molecule has 0 unspecified atom stereocenters. The number of rotatable bonds is 7. The molecule has 3 fully saturated rings. The number of allylic oxidation sites excluding steroid dienone is 1. The van der Waals surface area contributed by atoms with Crippen molar-refractivity contribution in [1.82, 2.24) is 0 Å². The second-order valence-corrected chi connectivity index (χ2v) is 12.7. The molecule has 0 saturated heterocycles. The molecule has 9 atom stereocenters. The second kappa shape index (κ2) is 9.13. The van der Waals surface area contributed by atoms with Crippen molar-refractivity contribution in [2.75, 3.05) is 6.61 Å². The van der Waals surface area contributed by atoms with E-state index in [0.29, 0.717) is 17.9 Å². The van der Waals surface area contributed by atoms with Gasteiger partial charge < -0.3 is 10.2 Å². The van der Waals surface area contributed by atoms with Gasteiger partial charge in [0.25, 0.3) is 0 Å². The van der Waals surface area contributed by atoms with E-state index in [1.54, 1.807) is 0 Å². The van der Waals surface area contributed by atoms with Crippen LogP contribution in [0.15, 0.2) is 11.6 Å². The molecule has 2 heteroatoms. The van der Waals surface area contributed by atoms with Crippen molar-refractivity contribution in [2.24, 2.45) is 52.3 Å². The predicted molar refractivity (Wildman–Crippen MR) is 130 cm³/mol. The van der Waals surface area contributed by atoms with Crippen LogP contribution in [0.2, 0.25) is 0 Å². The maximum absolute atomic E-state index is 10.6. The summed E-state index contributed by atoms with van der Waals surface area (Å²) in [5.74, 6) is 5.64. The molecule has 0 aromatic rings. The van der Waals surface area contributed by atoms with Crippen LogP contribution in [0.5, 0.6) is 0 Å². The Balaban J connectivity index is 1.50. The standard InChI is InChI=1S/C29H50O2/c1-6-21(19(2)3)8-7-20(4)25-11-12-26-24-10-9-22-17-23(31)13-16-29(22,18-30)27(24)14-15-28(25,26)5/h9,19-21,23-27,30-31H,6-8,10-18H2,1-5H3/t20-,21-,23-,24+,25+,26+,27+,28-,29-/m1/s1. The molecule has 2 nitrogen and oxygen atoms in total. The lowest BCUT2D eigenvalue weighted by atomic mass is 9.46. The molecular formula is C29H50O2. The molecule has 4 aliphatic rings. The van der Waals surface area contributed by atoms with E-state index in [-0.39, 0.29) is 11.5 Å². The molecule has 4 aliphatic carbocycles. The molecule has 4 rings (SSSR count). The number of aliphatic hydroxyl groups excluding tert-OH is 2. The molecule has 0 heterocycles. The average molecular weight is 431 g/mol. The molecule has 178 valence electrons. The summed E-state index contributed by atoms with van der Waals surface area (Å²) >= 11 is 0. The molecule has 2 N–H and O–H groups in total. The third kappa shape index (κ3) is 3.96. The quantitative estimate of drug-likeness (QED) is 0.427. The number of hydrogen-bond acceptors (Lipinski definition) is 2. The van der Waals surface area contributed by atoms with E-state index < -0.39 is 0 Å². The van der Waals surface area contributed by atoms with Gasteiger partial charge in [-0.15, -0.1) is 0 Å². The van der Waals surface area contributed by atoms with Gasteiger partial charge in [0, 0.05) is 5.41 Å². The number of hydrogen-bond donors (Lipinski definition) is 2. The van der Waals surface area contributed by atoms with E-state index in [1.807, 2.05) is 0 Å². The van der Waals surface area contributed by atoms with Crippen LogP contribution in [0.4, 0.5) is 0 Å². The second-order valence-electron chi connectivity index (χ2n) is 12.7. The topological polar surface area (TPSA) is 40.5 Å². The minimum atomic E-state index is -0.189. The highest BCUT2D eigenvalue weighted by molar-refractivity contribution is 5.26. The summed E-state index contributed by atoms with van der Waals surface area (Å²) in [5.41, 5.74) is 1.88. The highest BCUT2D eigenvalue weighted by atomic mass is 16.3. The Labute approximate surface area is 192 Å². The van der Waals surface area contributed by atoms with E-state index in [0.717, 1.165) is 54.8 Å². The van der Waals surface area contributed by atoms with Gasteiger partial charge in [0.15, 0.2) is 0 Å². The summed E-state index contributed by atoms with van der Waals surface area (Å²) in [4.78, 5) is 0. The smallest absolute Gasteiger partial charge is 0.0577 e. The van der Waals surface area contributed by atoms with Gasteiger partial charge in [0.05, 0.1) is 12.7 Å². The number of fused-ring (bicyclic) bond motifs is 5. The Morgan fingerprint density at radius 3 is 2.48 bits per heavy atom. The van der Waals surface area contributed by atoms with Crippen LogP contribution in [0.25, 0.3) is 0 Å². The highest BCUT2D eigenvalue weighted by Crippen LogP contribution is 2.67. The van der Waals surface area contributed by atoms with E-state index in [2.05, 4.69) is 40.7 Å². The van der Waals surface area contributed by atoms with Crippen LogP contribution < -0.4 is 0 Å². The Bertz CT molecular complexity index is 653. The molecule has 0 bridgehead atoms. The first-order valence-corrected chi connectivity index (χ1v) is 13.7. The Morgan fingerprint density at radius 1 is 1.03 bits per heavy atom. The third-order valence-electron chi connectivity index (χ3n) is 11.3. The largest absolute Gasteiger partial charge is 0.395 e. The lowest BCUT2D eigenvalue weighted by molar-refractivity contribution is -0.0797. The zero-order chi connectivity index (χ0) is 22.4. The Kier molecular flexibility index (Phi) is 7.01. The molecule has 0 aliphatic heterocycles. The zero-order valence-corrected chi connectivity index (χ0v) is 21.1. The van der Waals surface area contributed by atoms with Crippen molar-refractivity contribution < 1.29 is 10.2 Å². The van der Waals surface area contributed by atoms with Gasteiger partial charge in [-0.25, -0.2) is 0 Å². The molecule has 0 aromatic carbocycles. The van der Waals surface area contributed by atoms with E-state index in [4.69, 9.17) is 0 Å². The Morgan fingerprint density at radius 2 is 1.81 bits per heavy atom. The molecule has 0 aromatic heterocycles. The monoisotopic (exact) mass is 430 g/mol. The van der Waals surface area contributed by atoms with Gasteiger partial charge in [-0.3, -0.25) is 0 Å². The fourth-order valence-electron chi connectivity index (χ4n) is 9.39.